The van der Waals surface area contributed by atoms with Gasteiger partial charge in [-0.15, -0.1) is 21.6 Å². The molecular formula is C26H18N6O2S2. The van der Waals surface area contributed by atoms with Crippen molar-refractivity contribution in [2.75, 3.05) is 7.11 Å². The number of nitrogens with zero attached hydrogens (tertiary/aromatic N) is 5. The van der Waals surface area contributed by atoms with Crippen molar-refractivity contribution in [1.82, 2.24) is 19.7 Å². The van der Waals surface area contributed by atoms with Gasteiger partial charge >= 0.3 is 5.56 Å². The molecule has 0 spiro atoms. The summed E-state index contributed by atoms with van der Waals surface area (Å²) in [7, 11) is 1.61. The molecule has 0 bridgehead atoms. The molecule has 0 aliphatic carbocycles. The van der Waals surface area contributed by atoms with E-state index in [1.165, 1.54) is 27.4 Å². The second-order valence-corrected chi connectivity index (χ2v) is 9.60. The van der Waals surface area contributed by atoms with E-state index in [1.54, 1.807) is 7.11 Å². The van der Waals surface area contributed by atoms with Gasteiger partial charge in [0.25, 0.3) is 0 Å². The first-order chi connectivity index (χ1) is 17.7. The SMILES string of the molecule is COc1ccc2sc(N=Nc3c(-c4ccccc4)[nH]n(-c4nc(-c5ccccc5)cs4)c3=O)nc2c1. The lowest BCUT2D eigenvalue weighted by molar-refractivity contribution is 0.415. The fourth-order valence-electron chi connectivity index (χ4n) is 3.73. The summed E-state index contributed by atoms with van der Waals surface area (Å²) in [6.07, 6.45) is 0. The normalized spacial score (nSPS) is 11.5. The van der Waals surface area contributed by atoms with Crippen molar-refractivity contribution in [2.45, 2.75) is 0 Å². The molecule has 0 aliphatic heterocycles. The summed E-state index contributed by atoms with van der Waals surface area (Å²) in [6, 6.07) is 25.0. The lowest BCUT2D eigenvalue weighted by atomic mass is 10.1. The molecule has 0 saturated heterocycles. The smallest absolute Gasteiger partial charge is 0.301 e. The van der Waals surface area contributed by atoms with Crippen LogP contribution in [0.25, 0.3) is 37.9 Å². The first-order valence-corrected chi connectivity index (χ1v) is 12.7. The number of fused-ring (bicyclic) bond motifs is 1. The second-order valence-electron chi connectivity index (χ2n) is 7.75. The molecule has 8 nitrogen and oxygen atoms in total. The van der Waals surface area contributed by atoms with Crippen molar-refractivity contribution in [3.63, 3.8) is 0 Å². The summed E-state index contributed by atoms with van der Waals surface area (Å²) in [5.74, 6) is 0.717. The molecule has 6 aromatic rings. The summed E-state index contributed by atoms with van der Waals surface area (Å²) in [4.78, 5) is 22.7. The zero-order chi connectivity index (χ0) is 24.5. The van der Waals surface area contributed by atoms with E-state index < -0.39 is 0 Å². The highest BCUT2D eigenvalue weighted by Gasteiger charge is 2.19. The van der Waals surface area contributed by atoms with Crippen LogP contribution in [0.3, 0.4) is 0 Å². The number of azo groups is 1. The maximum atomic E-state index is 13.5. The van der Waals surface area contributed by atoms with Crippen LogP contribution in [-0.4, -0.2) is 26.9 Å². The van der Waals surface area contributed by atoms with Crippen molar-refractivity contribution >= 4 is 43.7 Å². The summed E-state index contributed by atoms with van der Waals surface area (Å²) in [5.41, 5.74) is 3.77. The van der Waals surface area contributed by atoms with Crippen molar-refractivity contribution in [1.29, 1.82) is 0 Å². The van der Waals surface area contributed by atoms with E-state index in [0.29, 0.717) is 16.0 Å². The van der Waals surface area contributed by atoms with E-state index in [4.69, 9.17) is 4.74 Å². The number of hydrogen-bond acceptors (Lipinski definition) is 8. The Hall–Kier alpha value is -4.41. The monoisotopic (exact) mass is 510 g/mol. The molecule has 176 valence electrons. The Morgan fingerprint density at radius 2 is 1.67 bits per heavy atom. The van der Waals surface area contributed by atoms with Crippen molar-refractivity contribution in [3.8, 4) is 33.4 Å². The average Bonchev–Trinajstić information content (AvgIpc) is 3.65. The number of aromatic nitrogens is 4. The zero-order valence-corrected chi connectivity index (χ0v) is 20.6. The van der Waals surface area contributed by atoms with Crippen LogP contribution in [0.1, 0.15) is 0 Å². The molecule has 3 aromatic heterocycles. The third kappa shape index (κ3) is 4.12. The number of methoxy groups -OCH3 is 1. The van der Waals surface area contributed by atoms with Gasteiger partial charge in [0.2, 0.25) is 10.3 Å². The minimum Gasteiger partial charge on any atom is -0.497 e. The lowest BCUT2D eigenvalue weighted by Gasteiger charge is -1.98. The van der Waals surface area contributed by atoms with Gasteiger partial charge in [0.1, 0.15) is 5.75 Å². The van der Waals surface area contributed by atoms with E-state index >= 15 is 0 Å². The largest absolute Gasteiger partial charge is 0.497 e. The Labute approximate surface area is 213 Å². The summed E-state index contributed by atoms with van der Waals surface area (Å²) in [6.45, 7) is 0. The summed E-state index contributed by atoms with van der Waals surface area (Å²) in [5, 5.41) is 14.8. The van der Waals surface area contributed by atoms with Gasteiger partial charge in [-0.05, 0) is 12.1 Å². The Bertz CT molecular complexity index is 1750. The molecule has 0 radical (unpaired) electrons. The molecular weight excluding hydrogens is 492 g/mol. The van der Waals surface area contributed by atoms with E-state index in [1.807, 2.05) is 84.2 Å². The fourth-order valence-corrected chi connectivity index (χ4v) is 5.29. The zero-order valence-electron chi connectivity index (χ0n) is 19.0. The van der Waals surface area contributed by atoms with Gasteiger partial charge in [0, 0.05) is 22.6 Å². The molecule has 0 atom stereocenters. The quantitative estimate of drug-likeness (QED) is 0.244. The topological polar surface area (TPSA) is 97.5 Å². The molecule has 3 aromatic carbocycles. The van der Waals surface area contributed by atoms with Gasteiger partial charge in [-0.1, -0.05) is 72.0 Å². The van der Waals surface area contributed by atoms with Crippen LogP contribution < -0.4 is 10.3 Å². The molecule has 0 fully saturated rings. The van der Waals surface area contributed by atoms with Crippen LogP contribution in [0.2, 0.25) is 0 Å². The highest BCUT2D eigenvalue weighted by Crippen LogP contribution is 2.33. The predicted octanol–water partition coefficient (Wildman–Crippen LogP) is 6.99. The molecule has 0 saturated carbocycles. The van der Waals surface area contributed by atoms with E-state index in [2.05, 4.69) is 25.3 Å². The first kappa shape index (κ1) is 22.1. The third-order valence-electron chi connectivity index (χ3n) is 5.50. The number of aromatic amines is 1. The number of hydrogen-bond donors (Lipinski definition) is 1. The van der Waals surface area contributed by atoms with Crippen LogP contribution >= 0.6 is 22.7 Å². The molecule has 3 heterocycles. The lowest BCUT2D eigenvalue weighted by Crippen LogP contribution is -2.13. The van der Waals surface area contributed by atoms with E-state index in [0.717, 1.165) is 32.8 Å². The molecule has 36 heavy (non-hydrogen) atoms. The minimum atomic E-state index is -0.339. The van der Waals surface area contributed by atoms with E-state index in [-0.39, 0.29) is 11.2 Å². The maximum absolute atomic E-state index is 13.5. The Morgan fingerprint density at radius 3 is 2.42 bits per heavy atom. The van der Waals surface area contributed by atoms with Gasteiger partial charge in [-0.3, -0.25) is 9.89 Å². The number of ether oxygens (including phenoxy) is 1. The first-order valence-electron chi connectivity index (χ1n) is 11.0. The summed E-state index contributed by atoms with van der Waals surface area (Å²) < 4.78 is 7.64. The van der Waals surface area contributed by atoms with Crippen LogP contribution in [-0.2, 0) is 0 Å². The highest BCUT2D eigenvalue weighted by atomic mass is 32.1. The number of nitrogens with one attached hydrogen (secondary N) is 1. The Morgan fingerprint density at radius 1 is 0.917 bits per heavy atom. The standard InChI is InChI=1S/C26H18N6O2S2/c1-34-18-12-13-21-19(14-18)27-25(36-21)30-29-23-22(17-10-6-3-7-11-17)31-32(24(23)33)26-28-20(15-35-26)16-8-4-2-5-9-16/h2-15,31H,1H3. The number of H-pyrrole nitrogens is 1. The fraction of sp³-hybridized carbons (Fsp3) is 0.0385. The Kier molecular flexibility index (Phi) is 5.72. The summed E-state index contributed by atoms with van der Waals surface area (Å²) >= 11 is 2.77. The average molecular weight is 511 g/mol. The Balaban J connectivity index is 1.43. The number of rotatable bonds is 6. The van der Waals surface area contributed by atoms with Crippen molar-refractivity contribution in [3.05, 3.63) is 94.6 Å². The van der Waals surface area contributed by atoms with Gasteiger partial charge in [0.05, 0.1) is 28.7 Å². The van der Waals surface area contributed by atoms with Gasteiger partial charge in [-0.2, -0.15) is 4.68 Å². The van der Waals surface area contributed by atoms with Crippen LogP contribution in [0.4, 0.5) is 10.8 Å². The molecule has 0 unspecified atom stereocenters. The number of benzene rings is 3. The van der Waals surface area contributed by atoms with Gasteiger partial charge in [-0.25, -0.2) is 9.97 Å². The highest BCUT2D eigenvalue weighted by molar-refractivity contribution is 7.21. The predicted molar refractivity (Wildman–Crippen MR) is 143 cm³/mol. The van der Waals surface area contributed by atoms with Crippen molar-refractivity contribution in [2.24, 2.45) is 10.2 Å². The van der Waals surface area contributed by atoms with Crippen molar-refractivity contribution < 1.29 is 4.74 Å². The van der Waals surface area contributed by atoms with Crippen LogP contribution in [0.5, 0.6) is 5.75 Å². The van der Waals surface area contributed by atoms with E-state index in [9.17, 15) is 4.79 Å². The third-order valence-corrected chi connectivity index (χ3v) is 7.25. The molecule has 0 aliphatic rings. The van der Waals surface area contributed by atoms with Gasteiger partial charge < -0.3 is 4.74 Å². The van der Waals surface area contributed by atoms with Crippen LogP contribution in [0, 0.1) is 0 Å². The maximum Gasteiger partial charge on any atom is 0.301 e. The van der Waals surface area contributed by atoms with Crippen LogP contribution in [0.15, 0.2) is 99.3 Å². The minimum absolute atomic E-state index is 0.189. The molecule has 1 N–H and O–H groups in total. The van der Waals surface area contributed by atoms with Gasteiger partial charge in [0.15, 0.2) is 5.69 Å². The molecule has 0 amide bonds. The second kappa shape index (κ2) is 9.33. The molecule has 6 rings (SSSR count). The number of thiazole rings is 2. The molecule has 10 heteroatoms.